The number of benzene rings is 1. The molecule has 0 spiro atoms. The Labute approximate surface area is 132 Å². The van der Waals surface area contributed by atoms with E-state index in [1.54, 1.807) is 12.1 Å². The summed E-state index contributed by atoms with van der Waals surface area (Å²) < 4.78 is 1.03. The standard InChI is InChI=1S/C16H16BrN3O/c17-12-4-1-3-11(9-12)15-5-2-8-20(15)16(21)14-7-6-13(18)10-19-14/h1,3-4,6-7,9-10,15H,2,5,8,18H2. The van der Waals surface area contributed by atoms with E-state index in [-0.39, 0.29) is 11.9 Å². The number of aromatic nitrogens is 1. The van der Waals surface area contributed by atoms with Gasteiger partial charge in [0, 0.05) is 11.0 Å². The number of hydrogen-bond acceptors (Lipinski definition) is 3. The Kier molecular flexibility index (Phi) is 3.92. The molecule has 1 saturated heterocycles. The van der Waals surface area contributed by atoms with E-state index in [1.807, 2.05) is 17.0 Å². The van der Waals surface area contributed by atoms with Gasteiger partial charge in [-0.15, -0.1) is 0 Å². The summed E-state index contributed by atoms with van der Waals surface area (Å²) in [6.07, 6.45) is 3.52. The number of likely N-dealkylation sites (tertiary alicyclic amines) is 1. The number of hydrogen-bond donors (Lipinski definition) is 1. The minimum Gasteiger partial charge on any atom is -0.397 e. The second kappa shape index (κ2) is 5.85. The molecule has 0 aliphatic carbocycles. The van der Waals surface area contributed by atoms with Gasteiger partial charge in [0.05, 0.1) is 17.9 Å². The van der Waals surface area contributed by atoms with Crippen LogP contribution in [0.5, 0.6) is 0 Å². The van der Waals surface area contributed by atoms with Gasteiger partial charge in [-0.2, -0.15) is 0 Å². The topological polar surface area (TPSA) is 59.2 Å². The van der Waals surface area contributed by atoms with E-state index in [0.717, 1.165) is 29.4 Å². The van der Waals surface area contributed by atoms with Gasteiger partial charge in [-0.1, -0.05) is 28.1 Å². The highest BCUT2D eigenvalue weighted by Gasteiger charge is 2.31. The molecule has 1 aliphatic heterocycles. The van der Waals surface area contributed by atoms with Gasteiger partial charge in [-0.05, 0) is 42.7 Å². The minimum absolute atomic E-state index is 0.0301. The summed E-state index contributed by atoms with van der Waals surface area (Å²) in [6, 6.07) is 11.7. The minimum atomic E-state index is -0.0301. The predicted molar refractivity (Wildman–Crippen MR) is 85.8 cm³/mol. The van der Waals surface area contributed by atoms with Gasteiger partial charge in [0.15, 0.2) is 0 Å². The third-order valence-electron chi connectivity index (χ3n) is 3.75. The Balaban J connectivity index is 1.87. The molecule has 1 aromatic heterocycles. The van der Waals surface area contributed by atoms with E-state index in [2.05, 4.69) is 33.0 Å². The molecule has 1 atom stereocenters. The van der Waals surface area contributed by atoms with E-state index in [1.165, 1.54) is 6.20 Å². The summed E-state index contributed by atoms with van der Waals surface area (Å²) in [5.41, 5.74) is 7.80. The predicted octanol–water partition coefficient (Wildman–Crippen LogP) is 3.40. The third-order valence-corrected chi connectivity index (χ3v) is 4.25. The highest BCUT2D eigenvalue weighted by atomic mass is 79.9. The lowest BCUT2D eigenvalue weighted by Gasteiger charge is -2.25. The van der Waals surface area contributed by atoms with Crippen molar-refractivity contribution in [3.05, 3.63) is 58.3 Å². The third kappa shape index (κ3) is 2.93. The number of pyridine rings is 1. The van der Waals surface area contributed by atoms with Gasteiger partial charge in [0.2, 0.25) is 0 Å². The molecule has 21 heavy (non-hydrogen) atoms. The van der Waals surface area contributed by atoms with Crippen LogP contribution >= 0.6 is 15.9 Å². The zero-order valence-electron chi connectivity index (χ0n) is 11.5. The van der Waals surface area contributed by atoms with Gasteiger partial charge in [-0.25, -0.2) is 4.98 Å². The number of carbonyl (C=O) groups is 1. The Morgan fingerprint density at radius 3 is 2.90 bits per heavy atom. The number of amides is 1. The fourth-order valence-corrected chi connectivity index (χ4v) is 3.17. The monoisotopic (exact) mass is 345 g/mol. The maximum absolute atomic E-state index is 12.6. The van der Waals surface area contributed by atoms with Crippen LogP contribution in [-0.2, 0) is 0 Å². The average molecular weight is 346 g/mol. The number of anilines is 1. The first-order valence-corrected chi connectivity index (χ1v) is 7.72. The summed E-state index contributed by atoms with van der Waals surface area (Å²) >= 11 is 3.49. The van der Waals surface area contributed by atoms with Crippen LogP contribution in [-0.4, -0.2) is 22.3 Å². The number of nitrogens with zero attached hydrogens (tertiary/aromatic N) is 2. The summed E-state index contributed by atoms with van der Waals surface area (Å²) in [6.45, 7) is 0.766. The molecule has 1 amide bonds. The van der Waals surface area contributed by atoms with Crippen LogP contribution < -0.4 is 5.73 Å². The first-order valence-electron chi connectivity index (χ1n) is 6.93. The molecule has 1 aliphatic rings. The van der Waals surface area contributed by atoms with Crippen molar-refractivity contribution < 1.29 is 4.79 Å². The molecule has 0 bridgehead atoms. The zero-order chi connectivity index (χ0) is 14.8. The smallest absolute Gasteiger partial charge is 0.272 e. The van der Waals surface area contributed by atoms with Crippen LogP contribution in [0.15, 0.2) is 47.1 Å². The lowest BCUT2D eigenvalue weighted by molar-refractivity contribution is 0.0729. The molecular formula is C16H16BrN3O. The van der Waals surface area contributed by atoms with Gasteiger partial charge < -0.3 is 10.6 Å². The summed E-state index contributed by atoms with van der Waals surface area (Å²) in [7, 11) is 0. The van der Waals surface area contributed by atoms with E-state index in [9.17, 15) is 4.79 Å². The molecule has 1 aromatic carbocycles. The lowest BCUT2D eigenvalue weighted by Crippen LogP contribution is -2.31. The van der Waals surface area contributed by atoms with Crippen LogP contribution in [0.2, 0.25) is 0 Å². The zero-order valence-corrected chi connectivity index (χ0v) is 13.1. The lowest BCUT2D eigenvalue weighted by atomic mass is 10.0. The molecule has 1 unspecified atom stereocenters. The number of halogens is 1. The van der Waals surface area contributed by atoms with Crippen molar-refractivity contribution in [1.29, 1.82) is 0 Å². The second-order valence-electron chi connectivity index (χ2n) is 5.19. The molecule has 3 rings (SSSR count). The molecule has 0 radical (unpaired) electrons. The van der Waals surface area contributed by atoms with E-state index in [0.29, 0.717) is 11.4 Å². The van der Waals surface area contributed by atoms with Crippen LogP contribution in [0.4, 0.5) is 5.69 Å². The van der Waals surface area contributed by atoms with E-state index < -0.39 is 0 Å². The van der Waals surface area contributed by atoms with Crippen molar-refractivity contribution in [3.63, 3.8) is 0 Å². The van der Waals surface area contributed by atoms with Crippen molar-refractivity contribution in [2.24, 2.45) is 0 Å². The Morgan fingerprint density at radius 2 is 2.19 bits per heavy atom. The molecule has 5 heteroatoms. The highest BCUT2D eigenvalue weighted by molar-refractivity contribution is 9.10. The molecule has 1 fully saturated rings. The first-order chi connectivity index (χ1) is 10.1. The van der Waals surface area contributed by atoms with Crippen LogP contribution in [0.25, 0.3) is 0 Å². The maximum Gasteiger partial charge on any atom is 0.272 e. The molecule has 4 nitrogen and oxygen atoms in total. The fraction of sp³-hybridized carbons (Fsp3) is 0.250. The van der Waals surface area contributed by atoms with Crippen molar-refractivity contribution in [1.82, 2.24) is 9.88 Å². The Hall–Kier alpha value is -1.88. The van der Waals surface area contributed by atoms with Gasteiger partial charge in [0.1, 0.15) is 5.69 Å². The fourth-order valence-electron chi connectivity index (χ4n) is 2.75. The molecule has 0 saturated carbocycles. The summed E-state index contributed by atoms with van der Waals surface area (Å²) in [5.74, 6) is -0.0301. The Morgan fingerprint density at radius 1 is 1.33 bits per heavy atom. The van der Waals surface area contributed by atoms with Crippen molar-refractivity contribution in [2.75, 3.05) is 12.3 Å². The molecule has 108 valence electrons. The number of nitrogens with two attached hydrogens (primary N) is 1. The SMILES string of the molecule is Nc1ccc(C(=O)N2CCCC2c2cccc(Br)c2)nc1. The van der Waals surface area contributed by atoms with E-state index >= 15 is 0 Å². The normalized spacial score (nSPS) is 18.0. The van der Waals surface area contributed by atoms with Crippen molar-refractivity contribution >= 4 is 27.5 Å². The summed E-state index contributed by atoms with van der Waals surface area (Å²) in [4.78, 5) is 18.7. The van der Waals surface area contributed by atoms with E-state index in [4.69, 9.17) is 5.73 Å². The van der Waals surface area contributed by atoms with Crippen LogP contribution in [0, 0.1) is 0 Å². The van der Waals surface area contributed by atoms with Crippen LogP contribution in [0.1, 0.15) is 34.9 Å². The quantitative estimate of drug-likeness (QED) is 0.907. The number of carbonyl (C=O) groups excluding carboxylic acids is 1. The number of rotatable bonds is 2. The Bertz CT molecular complexity index is 657. The highest BCUT2D eigenvalue weighted by Crippen LogP contribution is 2.33. The first kappa shape index (κ1) is 14.1. The average Bonchev–Trinajstić information content (AvgIpc) is 2.97. The summed E-state index contributed by atoms with van der Waals surface area (Å²) in [5, 5.41) is 0. The maximum atomic E-state index is 12.6. The van der Waals surface area contributed by atoms with Gasteiger partial charge in [0.25, 0.3) is 5.91 Å². The van der Waals surface area contributed by atoms with Gasteiger partial charge in [-0.3, -0.25) is 4.79 Å². The molecule has 2 heterocycles. The largest absolute Gasteiger partial charge is 0.397 e. The van der Waals surface area contributed by atoms with Gasteiger partial charge >= 0.3 is 0 Å². The second-order valence-corrected chi connectivity index (χ2v) is 6.10. The molecular weight excluding hydrogens is 330 g/mol. The number of nitrogen functional groups attached to an aromatic ring is 1. The van der Waals surface area contributed by atoms with Crippen LogP contribution in [0.3, 0.4) is 0 Å². The van der Waals surface area contributed by atoms with Crippen molar-refractivity contribution in [2.45, 2.75) is 18.9 Å². The molecule has 2 aromatic rings. The molecule has 2 N–H and O–H groups in total. The van der Waals surface area contributed by atoms with Crippen molar-refractivity contribution in [3.8, 4) is 0 Å².